The van der Waals surface area contributed by atoms with Gasteiger partial charge >= 0.3 is 5.97 Å². The van der Waals surface area contributed by atoms with Crippen LogP contribution in [0.2, 0.25) is 0 Å². The Morgan fingerprint density at radius 2 is 1.65 bits per heavy atom. The van der Waals surface area contributed by atoms with Crippen molar-refractivity contribution in [3.05, 3.63) is 75.4 Å². The molecule has 0 saturated heterocycles. The molecule has 0 unspecified atom stereocenters. The van der Waals surface area contributed by atoms with Crippen LogP contribution in [0.4, 0.5) is 0 Å². The Morgan fingerprint density at radius 3 is 2.35 bits per heavy atom. The van der Waals surface area contributed by atoms with Crippen molar-refractivity contribution in [2.24, 2.45) is 0 Å². The Morgan fingerprint density at radius 1 is 0.935 bits per heavy atom. The van der Waals surface area contributed by atoms with Gasteiger partial charge in [0, 0.05) is 29.6 Å². The Bertz CT molecular complexity index is 1330. The minimum Gasteiger partial charge on any atom is -0.507 e. The highest BCUT2D eigenvalue weighted by Crippen LogP contribution is 2.44. The lowest BCUT2D eigenvalue weighted by Crippen LogP contribution is -2.17. The van der Waals surface area contributed by atoms with Crippen LogP contribution in [0.1, 0.15) is 21.5 Å². The molecule has 1 heterocycles. The van der Waals surface area contributed by atoms with Crippen molar-refractivity contribution in [1.29, 1.82) is 0 Å². The van der Waals surface area contributed by atoms with E-state index in [0.29, 0.717) is 51.1 Å². The number of carboxylic acids is 1. The van der Waals surface area contributed by atoms with Crippen LogP contribution in [-0.2, 0) is 13.1 Å². The largest absolute Gasteiger partial charge is 0.507 e. The van der Waals surface area contributed by atoms with Crippen LogP contribution in [-0.4, -0.2) is 30.3 Å². The van der Waals surface area contributed by atoms with Gasteiger partial charge in [0.2, 0.25) is 0 Å². The van der Waals surface area contributed by atoms with E-state index in [1.54, 1.807) is 56.6 Å². The molecule has 7 nitrogen and oxygen atoms in total. The number of aromatic carboxylic acids is 1. The number of hydrogen-bond acceptors (Lipinski definition) is 6. The zero-order valence-electron chi connectivity index (χ0n) is 17.2. The number of rotatable bonds is 6. The van der Waals surface area contributed by atoms with Crippen molar-refractivity contribution in [2.45, 2.75) is 13.1 Å². The van der Waals surface area contributed by atoms with E-state index in [-0.39, 0.29) is 23.3 Å². The predicted molar refractivity (Wildman–Crippen MR) is 119 cm³/mol. The van der Waals surface area contributed by atoms with Gasteiger partial charge in [-0.2, -0.15) is 0 Å². The Labute approximate surface area is 178 Å². The summed E-state index contributed by atoms with van der Waals surface area (Å²) in [5.74, 6) is -0.633. The molecule has 0 bridgehead atoms. The number of benzene rings is 3. The second kappa shape index (κ2) is 8.22. The third-order valence-corrected chi connectivity index (χ3v) is 5.33. The van der Waals surface area contributed by atoms with Crippen molar-refractivity contribution >= 4 is 16.9 Å². The number of phenolic OH excluding ortho intramolecular Hbond substituents is 1. The maximum Gasteiger partial charge on any atom is 0.336 e. The molecular weight excluding hydrogens is 396 g/mol. The molecule has 7 heteroatoms. The summed E-state index contributed by atoms with van der Waals surface area (Å²) in [6.07, 6.45) is 0. The van der Waals surface area contributed by atoms with Gasteiger partial charge in [-0.05, 0) is 50.0 Å². The lowest BCUT2D eigenvalue weighted by atomic mass is 9.88. The molecule has 158 valence electrons. The molecule has 0 aromatic heterocycles. The molecule has 4 rings (SSSR count). The van der Waals surface area contributed by atoms with Crippen LogP contribution in [0.15, 0.2) is 57.7 Å². The molecule has 4 N–H and O–H groups in total. The van der Waals surface area contributed by atoms with Crippen molar-refractivity contribution in [1.82, 2.24) is 10.6 Å². The number of hydrogen-bond donors (Lipinski definition) is 4. The monoisotopic (exact) mass is 418 g/mol. The number of fused-ring (bicyclic) bond motifs is 2. The maximum absolute atomic E-state index is 12.6. The number of nitrogens with one attached hydrogen (secondary N) is 2. The summed E-state index contributed by atoms with van der Waals surface area (Å²) in [5.41, 5.74) is 3.11. The van der Waals surface area contributed by atoms with Crippen molar-refractivity contribution in [3.63, 3.8) is 0 Å². The number of aromatic hydroxyl groups is 1. The van der Waals surface area contributed by atoms with E-state index >= 15 is 0 Å². The average molecular weight is 418 g/mol. The highest BCUT2D eigenvalue weighted by Gasteiger charge is 2.25. The van der Waals surface area contributed by atoms with Gasteiger partial charge in [0.15, 0.2) is 5.43 Å². The quantitative estimate of drug-likeness (QED) is 0.355. The minimum absolute atomic E-state index is 0.0517. The fraction of sp³-hybridized carbons (Fsp3) is 0.167. The van der Waals surface area contributed by atoms with E-state index in [0.717, 1.165) is 0 Å². The highest BCUT2D eigenvalue weighted by molar-refractivity contribution is 6.08. The summed E-state index contributed by atoms with van der Waals surface area (Å²) in [5, 5.41) is 26.9. The van der Waals surface area contributed by atoms with Crippen molar-refractivity contribution < 1.29 is 19.4 Å². The SMILES string of the molecule is CNCc1c2oc3c(CNC)c(O)ccc3c(-c3ccccc3C(=O)O)c-2ccc1=O. The fourth-order valence-corrected chi connectivity index (χ4v) is 3.97. The summed E-state index contributed by atoms with van der Waals surface area (Å²) < 4.78 is 6.25. The second-order valence-corrected chi connectivity index (χ2v) is 7.25. The first kappa shape index (κ1) is 20.6. The normalized spacial score (nSPS) is 11.3. The summed E-state index contributed by atoms with van der Waals surface area (Å²) in [4.78, 5) is 24.6. The first-order chi connectivity index (χ1) is 15.0. The Hall–Kier alpha value is -3.68. The van der Waals surface area contributed by atoms with Gasteiger partial charge < -0.3 is 25.3 Å². The molecule has 31 heavy (non-hydrogen) atoms. The van der Waals surface area contributed by atoms with Gasteiger partial charge in [-0.1, -0.05) is 18.2 Å². The molecule has 1 aliphatic carbocycles. The Kier molecular flexibility index (Phi) is 5.46. The van der Waals surface area contributed by atoms with E-state index in [4.69, 9.17) is 4.42 Å². The lowest BCUT2D eigenvalue weighted by Gasteiger charge is -2.20. The minimum atomic E-state index is -1.05. The Balaban J connectivity index is 2.25. The van der Waals surface area contributed by atoms with E-state index in [2.05, 4.69) is 10.6 Å². The smallest absolute Gasteiger partial charge is 0.336 e. The van der Waals surface area contributed by atoms with E-state index in [9.17, 15) is 19.8 Å². The molecule has 0 amide bonds. The summed E-state index contributed by atoms with van der Waals surface area (Å²) in [7, 11) is 3.49. The molecule has 0 fully saturated rings. The van der Waals surface area contributed by atoms with Crippen LogP contribution < -0.4 is 16.1 Å². The third-order valence-electron chi connectivity index (χ3n) is 5.33. The van der Waals surface area contributed by atoms with Gasteiger partial charge in [0.25, 0.3) is 0 Å². The van der Waals surface area contributed by atoms with Gasteiger partial charge in [-0.25, -0.2) is 4.79 Å². The molecule has 1 aliphatic heterocycles. The van der Waals surface area contributed by atoms with Crippen LogP contribution in [0.25, 0.3) is 33.4 Å². The number of phenols is 1. The standard InChI is InChI=1S/C24H22N2O5/c1-25-11-17-19(27)9-7-15-21(13-5-3-4-6-14(13)24(29)30)16-8-10-20(28)18(12-26-2)23(16)31-22(15)17/h3-10,25-27H,11-12H2,1-2H3,(H,29,30). The maximum atomic E-state index is 12.6. The fourth-order valence-electron chi connectivity index (χ4n) is 3.97. The van der Waals surface area contributed by atoms with Gasteiger partial charge in [-0.15, -0.1) is 0 Å². The lowest BCUT2D eigenvalue weighted by molar-refractivity contribution is 0.0697. The van der Waals surface area contributed by atoms with Gasteiger partial charge in [-0.3, -0.25) is 4.79 Å². The predicted octanol–water partition coefficient (Wildman–Crippen LogP) is 3.41. The van der Waals surface area contributed by atoms with Crippen LogP contribution in [0.3, 0.4) is 0 Å². The summed E-state index contributed by atoms with van der Waals surface area (Å²) in [6.45, 7) is 0.613. The van der Waals surface area contributed by atoms with Crippen molar-refractivity contribution in [3.8, 4) is 28.2 Å². The molecule has 0 radical (unpaired) electrons. The molecule has 2 aliphatic rings. The summed E-state index contributed by atoms with van der Waals surface area (Å²) >= 11 is 0. The number of carboxylic acid groups (broad SMARTS) is 1. The van der Waals surface area contributed by atoms with Crippen molar-refractivity contribution in [2.75, 3.05) is 14.1 Å². The van der Waals surface area contributed by atoms with E-state index in [1.807, 2.05) is 0 Å². The molecule has 2 aromatic carbocycles. The molecular formula is C24H22N2O5. The van der Waals surface area contributed by atoms with Gasteiger partial charge in [0.05, 0.1) is 16.7 Å². The van der Waals surface area contributed by atoms with Crippen LogP contribution in [0, 0.1) is 0 Å². The molecule has 0 atom stereocenters. The topological polar surface area (TPSA) is 112 Å². The van der Waals surface area contributed by atoms with E-state index < -0.39 is 5.97 Å². The van der Waals surface area contributed by atoms with Gasteiger partial charge in [0.1, 0.15) is 17.1 Å². The molecule has 2 aromatic rings. The number of carbonyl (C=O) groups is 1. The zero-order valence-corrected chi connectivity index (χ0v) is 17.2. The average Bonchev–Trinajstić information content (AvgIpc) is 2.76. The zero-order chi connectivity index (χ0) is 22.1. The van der Waals surface area contributed by atoms with E-state index in [1.165, 1.54) is 6.07 Å². The van der Waals surface area contributed by atoms with Crippen LogP contribution in [0.5, 0.6) is 5.75 Å². The highest BCUT2D eigenvalue weighted by atomic mass is 16.4. The molecule has 0 saturated carbocycles. The summed E-state index contributed by atoms with van der Waals surface area (Å²) in [6, 6.07) is 13.1. The third kappa shape index (κ3) is 3.43. The first-order valence-electron chi connectivity index (χ1n) is 9.83. The van der Waals surface area contributed by atoms with Crippen LogP contribution >= 0.6 is 0 Å². The first-order valence-corrected chi connectivity index (χ1v) is 9.83. The molecule has 0 spiro atoms. The second-order valence-electron chi connectivity index (χ2n) is 7.25.